The molecule has 0 unspecified atom stereocenters. The third-order valence-corrected chi connectivity index (χ3v) is 2.60. The van der Waals surface area contributed by atoms with Gasteiger partial charge in [0.2, 0.25) is 0 Å². The molecule has 2 rings (SSSR count). The van der Waals surface area contributed by atoms with E-state index < -0.39 is 0 Å². The molecule has 90 valence electrons. The van der Waals surface area contributed by atoms with Crippen molar-refractivity contribution in [2.45, 2.75) is 19.4 Å². The molecule has 0 fully saturated rings. The van der Waals surface area contributed by atoms with Gasteiger partial charge in [0.15, 0.2) is 0 Å². The van der Waals surface area contributed by atoms with Gasteiger partial charge in [0.05, 0.1) is 17.8 Å². The molecular weight excluding hydrogens is 214 g/mol. The summed E-state index contributed by atoms with van der Waals surface area (Å²) in [5, 5.41) is 9.78. The average molecular weight is 231 g/mol. The summed E-state index contributed by atoms with van der Waals surface area (Å²) in [5.74, 6) is 0. The van der Waals surface area contributed by atoms with E-state index in [-0.39, 0.29) is 6.61 Å². The summed E-state index contributed by atoms with van der Waals surface area (Å²) in [6.45, 7) is 1.45. The Morgan fingerprint density at radius 3 is 2.82 bits per heavy atom. The predicted molar refractivity (Wildman–Crippen MR) is 67.7 cm³/mol. The second kappa shape index (κ2) is 6.33. The van der Waals surface area contributed by atoms with Gasteiger partial charge in [0.25, 0.3) is 0 Å². The van der Waals surface area contributed by atoms with Gasteiger partial charge < -0.3 is 9.84 Å². The number of rotatable bonds is 6. The Kier molecular flexibility index (Phi) is 4.47. The zero-order chi connectivity index (χ0) is 11.9. The molecule has 1 N–H and O–H groups in total. The summed E-state index contributed by atoms with van der Waals surface area (Å²) in [5.41, 5.74) is 1.96. The van der Waals surface area contributed by atoms with Gasteiger partial charge in [-0.25, -0.2) is 0 Å². The van der Waals surface area contributed by atoms with Gasteiger partial charge in [-0.2, -0.15) is 0 Å². The van der Waals surface area contributed by atoms with Crippen molar-refractivity contribution in [1.82, 2.24) is 4.98 Å². The molecule has 0 saturated heterocycles. The topological polar surface area (TPSA) is 42.4 Å². The zero-order valence-electron chi connectivity index (χ0n) is 9.80. The Morgan fingerprint density at radius 1 is 1.06 bits per heavy atom. The Bertz CT molecular complexity index is 470. The van der Waals surface area contributed by atoms with Gasteiger partial charge >= 0.3 is 0 Å². The highest BCUT2D eigenvalue weighted by molar-refractivity contribution is 5.78. The molecule has 17 heavy (non-hydrogen) atoms. The summed E-state index contributed by atoms with van der Waals surface area (Å²) in [7, 11) is 0. The van der Waals surface area contributed by atoms with Gasteiger partial charge in [-0.15, -0.1) is 0 Å². The largest absolute Gasteiger partial charge is 0.396 e. The van der Waals surface area contributed by atoms with Crippen LogP contribution in [-0.4, -0.2) is 23.3 Å². The highest BCUT2D eigenvalue weighted by Gasteiger charge is 1.98. The maximum Gasteiger partial charge on any atom is 0.0888 e. The third-order valence-electron chi connectivity index (χ3n) is 2.60. The monoisotopic (exact) mass is 231 g/mol. The Hall–Kier alpha value is -1.45. The number of para-hydroxylation sites is 1. The first-order chi connectivity index (χ1) is 8.40. The van der Waals surface area contributed by atoms with Crippen molar-refractivity contribution in [3.63, 3.8) is 0 Å². The van der Waals surface area contributed by atoms with Gasteiger partial charge in [0, 0.05) is 18.6 Å². The molecule has 1 aromatic heterocycles. The van der Waals surface area contributed by atoms with Crippen molar-refractivity contribution in [3.05, 3.63) is 42.1 Å². The number of nitrogens with zero attached hydrogens (tertiary/aromatic N) is 1. The molecule has 0 saturated carbocycles. The van der Waals surface area contributed by atoms with Crippen LogP contribution in [0.3, 0.4) is 0 Å². The fourth-order valence-electron chi connectivity index (χ4n) is 1.68. The highest BCUT2D eigenvalue weighted by atomic mass is 16.5. The summed E-state index contributed by atoms with van der Waals surface area (Å²) in [4.78, 5) is 4.52. The molecule has 1 aromatic carbocycles. The fourth-order valence-corrected chi connectivity index (χ4v) is 1.68. The summed E-state index contributed by atoms with van der Waals surface area (Å²) in [6.07, 6.45) is 1.69. The van der Waals surface area contributed by atoms with E-state index in [1.165, 1.54) is 0 Å². The lowest BCUT2D eigenvalue weighted by Crippen LogP contribution is -1.98. The van der Waals surface area contributed by atoms with E-state index in [9.17, 15) is 0 Å². The van der Waals surface area contributed by atoms with E-state index in [4.69, 9.17) is 9.84 Å². The molecule has 0 amide bonds. The number of aliphatic hydroxyl groups is 1. The molecular formula is C14H17NO2. The number of unbranched alkanes of at least 4 members (excludes halogenated alkanes) is 1. The van der Waals surface area contributed by atoms with Crippen molar-refractivity contribution >= 4 is 10.9 Å². The average Bonchev–Trinajstić information content (AvgIpc) is 2.38. The highest BCUT2D eigenvalue weighted by Crippen LogP contribution is 2.12. The number of aliphatic hydroxyl groups excluding tert-OH is 1. The molecule has 2 aromatic rings. The van der Waals surface area contributed by atoms with Gasteiger partial charge in [-0.05, 0) is 25.0 Å². The van der Waals surface area contributed by atoms with Crippen LogP contribution in [0.5, 0.6) is 0 Å². The number of hydrogen-bond acceptors (Lipinski definition) is 3. The second-order valence-corrected chi connectivity index (χ2v) is 3.98. The molecule has 1 heterocycles. The molecule has 0 aliphatic carbocycles. The van der Waals surface area contributed by atoms with Crippen LogP contribution in [0.25, 0.3) is 10.9 Å². The number of aromatic nitrogens is 1. The number of ether oxygens (including phenoxy) is 1. The Labute approximate surface area is 101 Å². The molecule has 3 heteroatoms. The second-order valence-electron chi connectivity index (χ2n) is 3.98. The zero-order valence-corrected chi connectivity index (χ0v) is 9.80. The van der Waals surface area contributed by atoms with Crippen molar-refractivity contribution < 1.29 is 9.84 Å². The van der Waals surface area contributed by atoms with Crippen molar-refractivity contribution in [1.29, 1.82) is 0 Å². The maximum atomic E-state index is 8.63. The number of benzene rings is 1. The maximum absolute atomic E-state index is 8.63. The molecule has 0 bridgehead atoms. The minimum Gasteiger partial charge on any atom is -0.396 e. The quantitative estimate of drug-likeness (QED) is 0.777. The van der Waals surface area contributed by atoms with Gasteiger partial charge in [-0.1, -0.05) is 24.3 Å². The van der Waals surface area contributed by atoms with Crippen LogP contribution in [-0.2, 0) is 11.3 Å². The number of pyridine rings is 1. The minimum absolute atomic E-state index is 0.234. The van der Waals surface area contributed by atoms with E-state index in [0.717, 1.165) is 29.4 Å². The van der Waals surface area contributed by atoms with Crippen LogP contribution in [0.4, 0.5) is 0 Å². The minimum atomic E-state index is 0.234. The van der Waals surface area contributed by atoms with Gasteiger partial charge in [0.1, 0.15) is 0 Å². The van der Waals surface area contributed by atoms with E-state index in [1.807, 2.05) is 30.3 Å². The molecule has 0 aliphatic rings. The summed E-state index contributed by atoms with van der Waals surface area (Å²) in [6, 6.07) is 12.1. The van der Waals surface area contributed by atoms with Crippen molar-refractivity contribution in [2.24, 2.45) is 0 Å². The molecule has 3 nitrogen and oxygen atoms in total. The SMILES string of the molecule is OCCCCOCc1ccc2ccccc2n1. The first-order valence-corrected chi connectivity index (χ1v) is 5.93. The normalized spacial score (nSPS) is 10.9. The van der Waals surface area contributed by atoms with Crippen LogP contribution >= 0.6 is 0 Å². The Balaban J connectivity index is 1.90. The molecule has 0 radical (unpaired) electrons. The molecule has 0 aliphatic heterocycles. The van der Waals surface area contributed by atoms with Crippen LogP contribution in [0.15, 0.2) is 36.4 Å². The lowest BCUT2D eigenvalue weighted by molar-refractivity contribution is 0.110. The first kappa shape index (κ1) is 12.0. The third kappa shape index (κ3) is 3.51. The lowest BCUT2D eigenvalue weighted by Gasteiger charge is -2.04. The van der Waals surface area contributed by atoms with Crippen LogP contribution in [0.1, 0.15) is 18.5 Å². The van der Waals surface area contributed by atoms with Crippen molar-refractivity contribution in [3.8, 4) is 0 Å². The smallest absolute Gasteiger partial charge is 0.0888 e. The standard InChI is InChI=1S/C14H17NO2/c16-9-3-4-10-17-11-13-8-7-12-5-1-2-6-14(12)15-13/h1-2,5-8,16H,3-4,9-11H2. The lowest BCUT2D eigenvalue weighted by atomic mass is 10.2. The molecule has 0 atom stereocenters. The van der Waals surface area contributed by atoms with E-state index in [2.05, 4.69) is 11.1 Å². The van der Waals surface area contributed by atoms with Crippen molar-refractivity contribution in [2.75, 3.05) is 13.2 Å². The summed E-state index contributed by atoms with van der Waals surface area (Å²) < 4.78 is 5.50. The first-order valence-electron chi connectivity index (χ1n) is 5.93. The van der Waals surface area contributed by atoms with Crippen LogP contribution < -0.4 is 0 Å². The van der Waals surface area contributed by atoms with Crippen LogP contribution in [0, 0.1) is 0 Å². The number of fused-ring (bicyclic) bond motifs is 1. The van der Waals surface area contributed by atoms with E-state index in [1.54, 1.807) is 0 Å². The summed E-state index contributed by atoms with van der Waals surface area (Å²) >= 11 is 0. The van der Waals surface area contributed by atoms with E-state index in [0.29, 0.717) is 13.2 Å². The Morgan fingerprint density at radius 2 is 1.94 bits per heavy atom. The fraction of sp³-hybridized carbons (Fsp3) is 0.357. The molecule has 0 spiro atoms. The van der Waals surface area contributed by atoms with Gasteiger partial charge in [-0.3, -0.25) is 4.98 Å². The number of hydrogen-bond donors (Lipinski definition) is 1. The predicted octanol–water partition coefficient (Wildman–Crippen LogP) is 2.52. The van der Waals surface area contributed by atoms with E-state index >= 15 is 0 Å². The van der Waals surface area contributed by atoms with Crippen LogP contribution in [0.2, 0.25) is 0 Å².